The molecular formula is C18H25N. The Morgan fingerprint density at radius 1 is 1.00 bits per heavy atom. The Morgan fingerprint density at radius 2 is 1.79 bits per heavy atom. The van der Waals surface area contributed by atoms with Crippen molar-refractivity contribution in [2.75, 3.05) is 13.1 Å². The fourth-order valence-electron chi connectivity index (χ4n) is 4.68. The fourth-order valence-corrected chi connectivity index (χ4v) is 4.68. The van der Waals surface area contributed by atoms with Crippen LogP contribution >= 0.6 is 0 Å². The lowest BCUT2D eigenvalue weighted by Crippen LogP contribution is -2.58. The summed E-state index contributed by atoms with van der Waals surface area (Å²) in [4.78, 5) is 0. The molecule has 1 aliphatic heterocycles. The Bertz CT molecular complexity index is 467. The van der Waals surface area contributed by atoms with E-state index in [-0.39, 0.29) is 0 Å². The normalized spacial score (nSPS) is 25.3. The first-order chi connectivity index (χ1) is 9.36. The van der Waals surface area contributed by atoms with Gasteiger partial charge >= 0.3 is 0 Å². The Morgan fingerprint density at radius 3 is 2.53 bits per heavy atom. The summed E-state index contributed by atoms with van der Waals surface area (Å²) >= 11 is 0. The van der Waals surface area contributed by atoms with Gasteiger partial charge in [0.1, 0.15) is 0 Å². The molecule has 0 bridgehead atoms. The molecule has 0 amide bonds. The van der Waals surface area contributed by atoms with Crippen molar-refractivity contribution in [3.8, 4) is 0 Å². The third kappa shape index (κ3) is 2.03. The monoisotopic (exact) mass is 255 g/mol. The van der Waals surface area contributed by atoms with Gasteiger partial charge in [-0.25, -0.2) is 0 Å². The summed E-state index contributed by atoms with van der Waals surface area (Å²) in [6.45, 7) is 2.52. The highest BCUT2D eigenvalue weighted by Gasteiger charge is 2.44. The largest absolute Gasteiger partial charge is 0.315 e. The first-order valence-corrected chi connectivity index (χ1v) is 8.17. The van der Waals surface area contributed by atoms with Crippen molar-refractivity contribution >= 4 is 0 Å². The van der Waals surface area contributed by atoms with Crippen molar-refractivity contribution in [1.82, 2.24) is 5.32 Å². The molecule has 4 rings (SSSR count). The molecule has 1 heterocycles. The van der Waals surface area contributed by atoms with Crippen LogP contribution in [0.2, 0.25) is 0 Å². The van der Waals surface area contributed by atoms with Crippen molar-refractivity contribution in [3.63, 3.8) is 0 Å². The molecular weight excluding hydrogens is 230 g/mol. The van der Waals surface area contributed by atoms with Gasteiger partial charge in [0.25, 0.3) is 0 Å². The molecule has 0 radical (unpaired) electrons. The Kier molecular flexibility index (Phi) is 2.91. The molecule has 1 saturated heterocycles. The van der Waals surface area contributed by atoms with E-state index in [1.54, 1.807) is 16.7 Å². The molecule has 0 aromatic heterocycles. The zero-order valence-corrected chi connectivity index (χ0v) is 11.9. The Hall–Kier alpha value is -0.820. The summed E-state index contributed by atoms with van der Waals surface area (Å²) < 4.78 is 0. The third-order valence-electron chi connectivity index (χ3n) is 5.89. The summed E-state index contributed by atoms with van der Waals surface area (Å²) in [5, 5.41) is 3.55. The molecule has 1 nitrogen and oxygen atoms in total. The van der Waals surface area contributed by atoms with Gasteiger partial charge in [0.2, 0.25) is 0 Å². The lowest BCUT2D eigenvalue weighted by atomic mass is 9.66. The van der Waals surface area contributed by atoms with E-state index in [1.165, 1.54) is 64.5 Å². The Labute approximate surface area is 116 Å². The highest BCUT2D eigenvalue weighted by Crippen LogP contribution is 2.45. The minimum absolute atomic E-state index is 0.601. The van der Waals surface area contributed by atoms with Gasteiger partial charge in [0, 0.05) is 18.5 Å². The zero-order valence-electron chi connectivity index (χ0n) is 11.9. The second-order valence-corrected chi connectivity index (χ2v) is 7.08. The molecule has 102 valence electrons. The number of nitrogens with one attached hydrogen (secondary N) is 1. The second kappa shape index (κ2) is 4.63. The molecule has 19 heavy (non-hydrogen) atoms. The maximum Gasteiger partial charge on any atom is 0.00261 e. The van der Waals surface area contributed by atoms with Gasteiger partial charge in [-0.05, 0) is 61.1 Å². The van der Waals surface area contributed by atoms with Crippen LogP contribution in [-0.2, 0) is 19.3 Å². The van der Waals surface area contributed by atoms with Gasteiger partial charge in [0.05, 0.1) is 0 Å². The fraction of sp³-hybridized carbons (Fsp3) is 0.667. The van der Waals surface area contributed by atoms with E-state index in [4.69, 9.17) is 0 Å². The average molecular weight is 255 g/mol. The van der Waals surface area contributed by atoms with Crippen LogP contribution in [0.4, 0.5) is 0 Å². The zero-order chi connectivity index (χ0) is 12.7. The highest BCUT2D eigenvalue weighted by molar-refractivity contribution is 5.36. The smallest absolute Gasteiger partial charge is 0.00261 e. The van der Waals surface area contributed by atoms with E-state index in [9.17, 15) is 0 Å². The van der Waals surface area contributed by atoms with Crippen LogP contribution in [0.25, 0.3) is 0 Å². The van der Waals surface area contributed by atoms with Crippen molar-refractivity contribution < 1.29 is 0 Å². The molecule has 0 unspecified atom stereocenters. The van der Waals surface area contributed by atoms with Gasteiger partial charge in [-0.2, -0.15) is 0 Å². The minimum Gasteiger partial charge on any atom is -0.315 e. The summed E-state index contributed by atoms with van der Waals surface area (Å²) in [6, 6.07) is 7.35. The van der Waals surface area contributed by atoms with E-state index >= 15 is 0 Å². The minimum atomic E-state index is 0.601. The summed E-state index contributed by atoms with van der Waals surface area (Å²) in [6.07, 6.45) is 11.2. The molecule has 0 atom stereocenters. The Balaban J connectivity index is 1.56. The molecule has 1 N–H and O–H groups in total. The topological polar surface area (TPSA) is 12.0 Å². The molecule has 2 fully saturated rings. The first kappa shape index (κ1) is 12.0. The average Bonchev–Trinajstić information content (AvgIpc) is 3.04. The van der Waals surface area contributed by atoms with Gasteiger partial charge in [0.15, 0.2) is 0 Å². The predicted octanol–water partition coefficient (Wildman–Crippen LogP) is 3.50. The van der Waals surface area contributed by atoms with E-state index in [2.05, 4.69) is 23.5 Å². The van der Waals surface area contributed by atoms with Crippen molar-refractivity contribution in [3.05, 3.63) is 34.9 Å². The SMILES string of the molecule is c1cc2c(cc1CC1(C3CCCC3)CNC1)CCC2. The number of aryl methyl sites for hydroxylation is 2. The van der Waals surface area contributed by atoms with Gasteiger partial charge in [-0.15, -0.1) is 0 Å². The van der Waals surface area contributed by atoms with Crippen LogP contribution in [0.3, 0.4) is 0 Å². The maximum absolute atomic E-state index is 3.55. The predicted molar refractivity (Wildman–Crippen MR) is 79.4 cm³/mol. The van der Waals surface area contributed by atoms with E-state index in [0.29, 0.717) is 5.41 Å². The van der Waals surface area contributed by atoms with Crippen LogP contribution in [0, 0.1) is 11.3 Å². The molecule has 3 aliphatic rings. The highest BCUT2D eigenvalue weighted by atomic mass is 15.0. The lowest BCUT2D eigenvalue weighted by Gasteiger charge is -2.48. The summed E-state index contributed by atoms with van der Waals surface area (Å²) in [5.41, 5.74) is 5.47. The maximum atomic E-state index is 3.55. The van der Waals surface area contributed by atoms with E-state index < -0.39 is 0 Å². The van der Waals surface area contributed by atoms with Crippen LogP contribution < -0.4 is 5.32 Å². The van der Waals surface area contributed by atoms with Crippen LogP contribution in [0.1, 0.15) is 48.8 Å². The van der Waals surface area contributed by atoms with Crippen molar-refractivity contribution in [2.45, 2.75) is 51.4 Å². The van der Waals surface area contributed by atoms with Gasteiger partial charge in [-0.3, -0.25) is 0 Å². The number of benzene rings is 1. The number of fused-ring (bicyclic) bond motifs is 1. The number of hydrogen-bond donors (Lipinski definition) is 1. The molecule has 2 aliphatic carbocycles. The molecule has 1 aromatic carbocycles. The standard InChI is InChI=1S/C18H25N/c1-2-7-17(6-1)18(12-19-13-18)11-14-8-9-15-4-3-5-16(15)10-14/h8-10,17,19H,1-7,11-13H2. The summed E-state index contributed by atoms with van der Waals surface area (Å²) in [7, 11) is 0. The number of rotatable bonds is 3. The lowest BCUT2D eigenvalue weighted by molar-refractivity contribution is 0.0812. The number of hydrogen-bond acceptors (Lipinski definition) is 1. The van der Waals surface area contributed by atoms with Gasteiger partial charge in [-0.1, -0.05) is 31.0 Å². The van der Waals surface area contributed by atoms with Crippen molar-refractivity contribution in [1.29, 1.82) is 0 Å². The third-order valence-corrected chi connectivity index (χ3v) is 5.89. The first-order valence-electron chi connectivity index (χ1n) is 8.17. The van der Waals surface area contributed by atoms with Crippen LogP contribution in [-0.4, -0.2) is 13.1 Å². The quantitative estimate of drug-likeness (QED) is 0.871. The van der Waals surface area contributed by atoms with Gasteiger partial charge < -0.3 is 5.32 Å². The molecule has 0 spiro atoms. The molecule has 1 aromatic rings. The molecule has 1 heteroatoms. The van der Waals surface area contributed by atoms with E-state index in [0.717, 1.165) is 5.92 Å². The van der Waals surface area contributed by atoms with Crippen molar-refractivity contribution in [2.24, 2.45) is 11.3 Å². The second-order valence-electron chi connectivity index (χ2n) is 7.08. The van der Waals surface area contributed by atoms with Crippen LogP contribution in [0.15, 0.2) is 18.2 Å². The van der Waals surface area contributed by atoms with Crippen LogP contribution in [0.5, 0.6) is 0 Å². The summed E-state index contributed by atoms with van der Waals surface area (Å²) in [5.74, 6) is 0.988. The van der Waals surface area contributed by atoms with E-state index in [1.807, 2.05) is 0 Å². The molecule has 1 saturated carbocycles.